The molecule has 3 N–H and O–H groups in total. The molecule has 0 bridgehead atoms. The number of hydrogen-bond acceptors (Lipinski definition) is 5. The molecule has 0 unspecified atom stereocenters. The van der Waals surface area contributed by atoms with Crippen LogP contribution in [0.3, 0.4) is 0 Å². The zero-order chi connectivity index (χ0) is 17.7. The van der Waals surface area contributed by atoms with Crippen molar-refractivity contribution in [2.75, 3.05) is 12.8 Å². The lowest BCUT2D eigenvalue weighted by atomic mass is 10.0. The number of pyridine rings is 1. The van der Waals surface area contributed by atoms with Crippen LogP contribution >= 0.6 is 23.2 Å². The molecule has 0 saturated carbocycles. The third-order valence-corrected chi connectivity index (χ3v) is 3.86. The highest BCUT2D eigenvalue weighted by molar-refractivity contribution is 6.39. The first-order valence-corrected chi connectivity index (χ1v) is 7.70. The molecule has 0 fully saturated rings. The van der Waals surface area contributed by atoms with Gasteiger partial charge in [-0.2, -0.15) is 0 Å². The molecular formula is C16H15Cl2N3O3. The number of nitrogen functional groups attached to an aromatic ring is 1. The Morgan fingerprint density at radius 3 is 2.33 bits per heavy atom. The van der Waals surface area contributed by atoms with E-state index in [4.69, 9.17) is 33.7 Å². The summed E-state index contributed by atoms with van der Waals surface area (Å²) < 4.78 is 4.75. The first kappa shape index (κ1) is 18.0. The van der Waals surface area contributed by atoms with Crippen molar-refractivity contribution in [1.82, 2.24) is 10.3 Å². The molecule has 1 amide bonds. The molecule has 0 saturated heterocycles. The Morgan fingerprint density at radius 2 is 1.79 bits per heavy atom. The minimum absolute atomic E-state index is 0.0551. The van der Waals surface area contributed by atoms with Gasteiger partial charge in [0.15, 0.2) is 0 Å². The number of carbonyl (C=O) groups excluding carboxylic acids is 2. The smallest absolute Gasteiger partial charge is 0.328 e. The van der Waals surface area contributed by atoms with Crippen LogP contribution in [0, 0.1) is 0 Å². The van der Waals surface area contributed by atoms with E-state index in [9.17, 15) is 9.59 Å². The number of nitrogens with zero attached hydrogens (tertiary/aromatic N) is 1. The van der Waals surface area contributed by atoms with E-state index in [-0.39, 0.29) is 22.0 Å². The number of halogens is 2. The lowest BCUT2D eigenvalue weighted by Crippen LogP contribution is -2.43. The molecule has 2 rings (SSSR count). The number of nitrogens with two attached hydrogens (primary N) is 1. The summed E-state index contributed by atoms with van der Waals surface area (Å²) in [6.45, 7) is 0. The van der Waals surface area contributed by atoms with Gasteiger partial charge in [-0.15, -0.1) is 0 Å². The van der Waals surface area contributed by atoms with Gasteiger partial charge in [0.25, 0.3) is 5.91 Å². The quantitative estimate of drug-likeness (QED) is 0.625. The van der Waals surface area contributed by atoms with Crippen LogP contribution in [0.1, 0.15) is 15.9 Å². The Labute approximate surface area is 148 Å². The maximum absolute atomic E-state index is 12.4. The molecule has 126 valence electrons. The summed E-state index contributed by atoms with van der Waals surface area (Å²) in [5.41, 5.74) is 7.11. The number of rotatable bonds is 5. The van der Waals surface area contributed by atoms with Crippen LogP contribution in [0.15, 0.2) is 36.7 Å². The van der Waals surface area contributed by atoms with E-state index < -0.39 is 17.9 Å². The molecule has 1 aromatic heterocycles. The minimum Gasteiger partial charge on any atom is -0.467 e. The fraction of sp³-hybridized carbons (Fsp3) is 0.188. The SMILES string of the molecule is COC(=O)[C@H](Cc1ccc(N)cc1)NC(=O)c1c(Cl)cncc1Cl. The maximum Gasteiger partial charge on any atom is 0.328 e. The number of aromatic nitrogens is 1. The molecule has 0 aliphatic heterocycles. The molecule has 1 heterocycles. The number of nitrogens with one attached hydrogen (secondary N) is 1. The molecule has 2 aromatic rings. The second kappa shape index (κ2) is 7.99. The van der Waals surface area contributed by atoms with Gasteiger partial charge in [-0.3, -0.25) is 9.78 Å². The van der Waals surface area contributed by atoms with Crippen LogP contribution in [-0.2, 0) is 16.0 Å². The molecule has 24 heavy (non-hydrogen) atoms. The Bertz CT molecular complexity index is 730. The fourth-order valence-corrected chi connectivity index (χ4v) is 2.62. The van der Waals surface area contributed by atoms with Gasteiger partial charge >= 0.3 is 5.97 Å². The normalized spacial score (nSPS) is 11.6. The molecule has 1 aromatic carbocycles. The molecule has 0 radical (unpaired) electrons. The Balaban J connectivity index is 2.21. The highest BCUT2D eigenvalue weighted by Crippen LogP contribution is 2.23. The van der Waals surface area contributed by atoms with Crippen LogP contribution in [0.25, 0.3) is 0 Å². The molecule has 1 atom stereocenters. The van der Waals surface area contributed by atoms with Crippen LogP contribution in [0.5, 0.6) is 0 Å². The van der Waals surface area contributed by atoms with Crippen molar-refractivity contribution < 1.29 is 14.3 Å². The van der Waals surface area contributed by atoms with Crippen molar-refractivity contribution >= 4 is 40.8 Å². The van der Waals surface area contributed by atoms with Crippen LogP contribution in [0.2, 0.25) is 10.0 Å². The van der Waals surface area contributed by atoms with E-state index in [1.807, 2.05) is 0 Å². The van der Waals surface area contributed by atoms with Gasteiger partial charge in [-0.05, 0) is 17.7 Å². The number of amides is 1. The second-order valence-electron chi connectivity index (χ2n) is 4.97. The van der Waals surface area contributed by atoms with E-state index in [1.54, 1.807) is 24.3 Å². The first-order valence-electron chi connectivity index (χ1n) is 6.94. The molecular weight excluding hydrogens is 353 g/mol. The number of hydrogen-bond donors (Lipinski definition) is 2. The summed E-state index contributed by atoms with van der Waals surface area (Å²) in [6.07, 6.45) is 2.84. The molecule has 8 heteroatoms. The molecule has 0 spiro atoms. The lowest BCUT2D eigenvalue weighted by Gasteiger charge is -2.17. The first-order chi connectivity index (χ1) is 11.4. The largest absolute Gasteiger partial charge is 0.467 e. The van der Waals surface area contributed by atoms with Crippen molar-refractivity contribution in [3.63, 3.8) is 0 Å². The summed E-state index contributed by atoms with van der Waals surface area (Å²) >= 11 is 11.9. The monoisotopic (exact) mass is 367 g/mol. The van der Waals surface area contributed by atoms with Crippen molar-refractivity contribution in [2.45, 2.75) is 12.5 Å². The van der Waals surface area contributed by atoms with Crippen molar-refractivity contribution in [1.29, 1.82) is 0 Å². The maximum atomic E-state index is 12.4. The number of methoxy groups -OCH3 is 1. The highest BCUT2D eigenvalue weighted by Gasteiger charge is 2.25. The highest BCUT2D eigenvalue weighted by atomic mass is 35.5. The minimum atomic E-state index is -0.897. The van der Waals surface area contributed by atoms with Crippen LogP contribution < -0.4 is 11.1 Å². The van der Waals surface area contributed by atoms with E-state index in [0.29, 0.717) is 5.69 Å². The number of benzene rings is 1. The van der Waals surface area contributed by atoms with Crippen molar-refractivity contribution in [3.8, 4) is 0 Å². The van der Waals surface area contributed by atoms with Crippen LogP contribution in [0.4, 0.5) is 5.69 Å². The summed E-state index contributed by atoms with van der Waals surface area (Å²) in [6, 6.07) is 6.06. The summed E-state index contributed by atoms with van der Waals surface area (Å²) in [4.78, 5) is 28.2. The summed E-state index contributed by atoms with van der Waals surface area (Å²) in [5, 5.41) is 2.77. The zero-order valence-electron chi connectivity index (χ0n) is 12.8. The van der Waals surface area contributed by atoms with Gasteiger partial charge in [0.05, 0.1) is 22.7 Å². The number of ether oxygens (including phenoxy) is 1. The fourth-order valence-electron chi connectivity index (χ4n) is 2.08. The third kappa shape index (κ3) is 4.37. The molecule has 0 aliphatic carbocycles. The van der Waals surface area contributed by atoms with Gasteiger partial charge in [0.1, 0.15) is 6.04 Å². The van der Waals surface area contributed by atoms with E-state index in [0.717, 1.165) is 5.56 Å². The van der Waals surface area contributed by atoms with Gasteiger partial charge < -0.3 is 15.8 Å². The van der Waals surface area contributed by atoms with Crippen LogP contribution in [-0.4, -0.2) is 30.0 Å². The van der Waals surface area contributed by atoms with Gasteiger partial charge in [-0.1, -0.05) is 35.3 Å². The Morgan fingerprint density at radius 1 is 1.21 bits per heavy atom. The van der Waals surface area contributed by atoms with Gasteiger partial charge in [0.2, 0.25) is 0 Å². The van der Waals surface area contributed by atoms with E-state index in [1.165, 1.54) is 19.5 Å². The van der Waals surface area contributed by atoms with Crippen molar-refractivity contribution in [3.05, 3.63) is 57.8 Å². The van der Waals surface area contributed by atoms with Gasteiger partial charge in [-0.25, -0.2) is 4.79 Å². The topological polar surface area (TPSA) is 94.3 Å². The van der Waals surface area contributed by atoms with Gasteiger partial charge in [0, 0.05) is 24.5 Å². The Kier molecular flexibility index (Phi) is 6.00. The average molecular weight is 368 g/mol. The third-order valence-electron chi connectivity index (χ3n) is 3.29. The van der Waals surface area contributed by atoms with Crippen molar-refractivity contribution in [2.24, 2.45) is 0 Å². The lowest BCUT2D eigenvalue weighted by molar-refractivity contribution is -0.142. The zero-order valence-corrected chi connectivity index (χ0v) is 14.3. The predicted molar refractivity (Wildman–Crippen MR) is 92.1 cm³/mol. The molecule has 6 nitrogen and oxygen atoms in total. The van der Waals surface area contributed by atoms with E-state index >= 15 is 0 Å². The Hall–Kier alpha value is -2.31. The average Bonchev–Trinajstić information content (AvgIpc) is 2.55. The van der Waals surface area contributed by atoms with E-state index in [2.05, 4.69) is 10.3 Å². The number of carbonyl (C=O) groups is 2. The number of esters is 1. The predicted octanol–water partition coefficient (Wildman–Crippen LogP) is 2.48. The summed E-state index contributed by atoms with van der Waals surface area (Å²) in [5.74, 6) is -1.17. The second-order valence-corrected chi connectivity index (χ2v) is 5.79. The summed E-state index contributed by atoms with van der Waals surface area (Å²) in [7, 11) is 1.25. The molecule has 0 aliphatic rings. The number of anilines is 1. The standard InChI is InChI=1S/C16H15Cl2N3O3/c1-24-16(23)13(6-9-2-4-10(19)5-3-9)21-15(22)14-11(17)7-20-8-12(14)18/h2-5,7-8,13H,6,19H2,1H3,(H,21,22)/t13-/m0/s1.